The van der Waals surface area contributed by atoms with Crippen molar-refractivity contribution in [2.45, 2.75) is 51.5 Å². The van der Waals surface area contributed by atoms with Crippen LogP contribution in [0.5, 0.6) is 0 Å². The molecule has 0 saturated heterocycles. The molecular formula is C17H25ClN2. The van der Waals surface area contributed by atoms with Gasteiger partial charge >= 0.3 is 0 Å². The zero-order chi connectivity index (χ0) is 13.9. The quantitative estimate of drug-likeness (QED) is 0.854. The molecule has 1 aromatic heterocycles. The molecule has 3 rings (SSSR count). The van der Waals surface area contributed by atoms with Gasteiger partial charge in [-0.15, -0.1) is 0 Å². The second-order valence-electron chi connectivity index (χ2n) is 6.42. The Balaban J connectivity index is 1.69. The van der Waals surface area contributed by atoms with Gasteiger partial charge in [0.15, 0.2) is 0 Å². The zero-order valence-electron chi connectivity index (χ0n) is 12.3. The highest BCUT2D eigenvalue weighted by Gasteiger charge is 2.53. The molecular weight excluding hydrogens is 268 g/mol. The molecule has 2 fully saturated rings. The molecule has 1 aromatic rings. The monoisotopic (exact) mass is 292 g/mol. The normalized spacial score (nSPS) is 29.8. The maximum atomic E-state index is 6.29. The summed E-state index contributed by atoms with van der Waals surface area (Å²) in [6.07, 6.45) is 11.7. The van der Waals surface area contributed by atoms with E-state index in [1.807, 2.05) is 6.20 Å². The van der Waals surface area contributed by atoms with Crippen LogP contribution in [-0.2, 0) is 6.42 Å². The van der Waals surface area contributed by atoms with Gasteiger partial charge in [0.2, 0.25) is 0 Å². The number of hydrogen-bond donors (Lipinski definition) is 1. The molecule has 1 heterocycles. The second-order valence-corrected chi connectivity index (χ2v) is 6.83. The van der Waals surface area contributed by atoms with Gasteiger partial charge in [0.25, 0.3) is 0 Å². The summed E-state index contributed by atoms with van der Waals surface area (Å²) in [5.41, 5.74) is 1.25. The van der Waals surface area contributed by atoms with E-state index in [0.29, 0.717) is 6.04 Å². The van der Waals surface area contributed by atoms with E-state index < -0.39 is 0 Å². The van der Waals surface area contributed by atoms with Crippen LogP contribution >= 0.6 is 11.6 Å². The fourth-order valence-electron chi connectivity index (χ4n) is 4.13. The highest BCUT2D eigenvalue weighted by atomic mass is 35.5. The average molecular weight is 293 g/mol. The third-order valence-electron chi connectivity index (χ3n) is 5.14. The molecule has 0 radical (unpaired) electrons. The topological polar surface area (TPSA) is 24.9 Å². The van der Waals surface area contributed by atoms with Crippen molar-refractivity contribution in [2.75, 3.05) is 6.54 Å². The highest BCUT2D eigenvalue weighted by Crippen LogP contribution is 2.57. The fourth-order valence-corrected chi connectivity index (χ4v) is 4.32. The predicted octanol–water partition coefficient (Wildman–Crippen LogP) is 4.08. The van der Waals surface area contributed by atoms with E-state index in [1.54, 1.807) is 6.20 Å². The number of pyridine rings is 1. The molecule has 0 aliphatic heterocycles. The Hall–Kier alpha value is -0.600. The van der Waals surface area contributed by atoms with Gasteiger partial charge in [-0.1, -0.05) is 31.4 Å². The lowest BCUT2D eigenvalue weighted by Gasteiger charge is -2.20. The Morgan fingerprint density at radius 3 is 2.75 bits per heavy atom. The molecule has 0 bridgehead atoms. The van der Waals surface area contributed by atoms with Gasteiger partial charge in [0, 0.05) is 18.4 Å². The number of nitrogens with one attached hydrogen (secondary N) is 1. The van der Waals surface area contributed by atoms with Crippen LogP contribution in [0, 0.1) is 17.8 Å². The number of halogens is 1. The lowest BCUT2D eigenvalue weighted by Crippen LogP contribution is -2.35. The van der Waals surface area contributed by atoms with Crippen molar-refractivity contribution >= 4 is 11.6 Å². The lowest BCUT2D eigenvalue weighted by atomic mass is 10.0. The molecule has 2 aliphatic rings. The third kappa shape index (κ3) is 3.01. The van der Waals surface area contributed by atoms with Gasteiger partial charge in [-0.05, 0) is 61.6 Å². The van der Waals surface area contributed by atoms with Crippen molar-refractivity contribution in [3.63, 3.8) is 0 Å². The summed E-state index contributed by atoms with van der Waals surface area (Å²) in [6.45, 7) is 3.35. The van der Waals surface area contributed by atoms with Gasteiger partial charge in [0.1, 0.15) is 0 Å². The largest absolute Gasteiger partial charge is 0.313 e. The van der Waals surface area contributed by atoms with Crippen LogP contribution in [-0.4, -0.2) is 17.6 Å². The smallest absolute Gasteiger partial charge is 0.0621 e. The maximum Gasteiger partial charge on any atom is 0.0621 e. The first-order valence-electron chi connectivity index (χ1n) is 8.13. The molecule has 0 spiro atoms. The number of rotatable bonds is 6. The van der Waals surface area contributed by atoms with E-state index in [-0.39, 0.29) is 0 Å². The predicted molar refractivity (Wildman–Crippen MR) is 84.0 cm³/mol. The van der Waals surface area contributed by atoms with Crippen molar-refractivity contribution in [2.24, 2.45) is 17.8 Å². The molecule has 1 N–H and O–H groups in total. The Kier molecular flexibility index (Phi) is 4.62. The minimum atomic E-state index is 0.600. The fraction of sp³-hybridized carbons (Fsp3) is 0.706. The minimum absolute atomic E-state index is 0.600. The molecule has 0 aromatic carbocycles. The van der Waals surface area contributed by atoms with E-state index in [4.69, 9.17) is 11.6 Å². The first-order valence-corrected chi connectivity index (χ1v) is 8.50. The summed E-state index contributed by atoms with van der Waals surface area (Å²) in [5, 5.41) is 4.60. The lowest BCUT2D eigenvalue weighted by molar-refractivity contribution is 0.428. The Morgan fingerprint density at radius 1 is 1.35 bits per heavy atom. The summed E-state index contributed by atoms with van der Waals surface area (Å²) in [4.78, 5) is 4.09. The Labute approximate surface area is 127 Å². The van der Waals surface area contributed by atoms with Gasteiger partial charge < -0.3 is 5.32 Å². The van der Waals surface area contributed by atoms with E-state index in [0.717, 1.165) is 35.7 Å². The first-order chi connectivity index (χ1) is 9.81. The van der Waals surface area contributed by atoms with Crippen molar-refractivity contribution in [1.29, 1.82) is 0 Å². The van der Waals surface area contributed by atoms with Gasteiger partial charge in [-0.25, -0.2) is 0 Å². The van der Waals surface area contributed by atoms with Crippen LogP contribution < -0.4 is 5.32 Å². The standard InChI is InChI=1S/C17H25ClN2/c1-2-8-20-16(10-12-7-9-19-11-15(12)18)17-13-5-3-4-6-14(13)17/h7,9,11,13-14,16-17,20H,2-6,8,10H2,1H3. The van der Waals surface area contributed by atoms with Crippen LogP contribution in [0.15, 0.2) is 18.5 Å². The molecule has 2 saturated carbocycles. The van der Waals surface area contributed by atoms with E-state index in [1.165, 1.54) is 37.7 Å². The zero-order valence-corrected chi connectivity index (χ0v) is 13.1. The number of nitrogens with zero attached hydrogens (tertiary/aromatic N) is 1. The molecule has 3 heteroatoms. The number of fused-ring (bicyclic) bond motifs is 1. The summed E-state index contributed by atoms with van der Waals surface area (Å²) in [6, 6.07) is 2.68. The molecule has 20 heavy (non-hydrogen) atoms. The number of aromatic nitrogens is 1. The van der Waals surface area contributed by atoms with Gasteiger partial charge in [-0.3, -0.25) is 4.98 Å². The van der Waals surface area contributed by atoms with Crippen molar-refractivity contribution in [3.05, 3.63) is 29.0 Å². The summed E-state index contributed by atoms with van der Waals surface area (Å²) < 4.78 is 0. The highest BCUT2D eigenvalue weighted by molar-refractivity contribution is 6.31. The molecule has 0 amide bonds. The molecule has 2 nitrogen and oxygen atoms in total. The van der Waals surface area contributed by atoms with Crippen LogP contribution in [0.1, 0.15) is 44.6 Å². The SMILES string of the molecule is CCCNC(Cc1ccncc1Cl)C1C2CCCCC21. The first kappa shape index (κ1) is 14.3. The van der Waals surface area contributed by atoms with E-state index in [2.05, 4.69) is 23.3 Å². The summed E-state index contributed by atoms with van der Waals surface area (Å²) in [5.74, 6) is 2.85. The van der Waals surface area contributed by atoms with Crippen molar-refractivity contribution in [3.8, 4) is 0 Å². The molecule has 3 unspecified atom stereocenters. The third-order valence-corrected chi connectivity index (χ3v) is 5.48. The maximum absolute atomic E-state index is 6.29. The van der Waals surface area contributed by atoms with E-state index >= 15 is 0 Å². The van der Waals surface area contributed by atoms with Gasteiger partial charge in [-0.2, -0.15) is 0 Å². The van der Waals surface area contributed by atoms with Crippen LogP contribution in [0.2, 0.25) is 5.02 Å². The Morgan fingerprint density at radius 2 is 2.10 bits per heavy atom. The molecule has 2 aliphatic carbocycles. The molecule has 110 valence electrons. The van der Waals surface area contributed by atoms with Crippen molar-refractivity contribution < 1.29 is 0 Å². The Bertz CT molecular complexity index is 436. The minimum Gasteiger partial charge on any atom is -0.313 e. The van der Waals surface area contributed by atoms with E-state index in [9.17, 15) is 0 Å². The average Bonchev–Trinajstić information content (AvgIpc) is 3.20. The van der Waals surface area contributed by atoms with Crippen molar-refractivity contribution in [1.82, 2.24) is 10.3 Å². The van der Waals surface area contributed by atoms with Crippen LogP contribution in [0.3, 0.4) is 0 Å². The van der Waals surface area contributed by atoms with Crippen LogP contribution in [0.25, 0.3) is 0 Å². The molecule has 3 atom stereocenters. The van der Waals surface area contributed by atoms with Gasteiger partial charge in [0.05, 0.1) is 5.02 Å². The number of hydrogen-bond acceptors (Lipinski definition) is 2. The summed E-state index contributed by atoms with van der Waals surface area (Å²) in [7, 11) is 0. The summed E-state index contributed by atoms with van der Waals surface area (Å²) >= 11 is 6.29. The van der Waals surface area contributed by atoms with Crippen LogP contribution in [0.4, 0.5) is 0 Å². The second kappa shape index (κ2) is 6.44.